The zero-order valence-electron chi connectivity index (χ0n) is 10.6. The molecule has 0 unspecified atom stereocenters. The van der Waals surface area contributed by atoms with E-state index in [9.17, 15) is 9.18 Å². The van der Waals surface area contributed by atoms with Crippen molar-refractivity contribution < 1.29 is 9.18 Å². The van der Waals surface area contributed by atoms with Crippen molar-refractivity contribution in [2.24, 2.45) is 0 Å². The van der Waals surface area contributed by atoms with Crippen LogP contribution in [0.2, 0.25) is 0 Å². The molecule has 1 heterocycles. The lowest BCUT2D eigenvalue weighted by Gasteiger charge is -2.14. The molecule has 0 aliphatic rings. The highest BCUT2D eigenvalue weighted by atomic mass is 19.1. The molecule has 3 nitrogen and oxygen atoms in total. The number of carbonyl (C=O) groups is 1. The van der Waals surface area contributed by atoms with Crippen LogP contribution in [0.3, 0.4) is 0 Å². The van der Waals surface area contributed by atoms with E-state index in [1.165, 1.54) is 6.07 Å². The molecule has 0 radical (unpaired) electrons. The largest absolute Gasteiger partial charge is 0.349 e. The fourth-order valence-electron chi connectivity index (χ4n) is 1.84. The number of aromatic nitrogens is 1. The Hall–Kier alpha value is -2.23. The Bertz CT molecular complexity index is 557. The molecule has 1 aromatic carbocycles. The van der Waals surface area contributed by atoms with Gasteiger partial charge in [-0.05, 0) is 36.2 Å². The zero-order valence-corrected chi connectivity index (χ0v) is 10.6. The van der Waals surface area contributed by atoms with Crippen molar-refractivity contribution in [2.45, 2.75) is 19.4 Å². The number of carbonyl (C=O) groups excluding carboxylic acids is 1. The molecule has 1 amide bonds. The SMILES string of the molecule is C[C@H](NC(=O)Cc1ccccc1F)c1ccncc1. The summed E-state index contributed by atoms with van der Waals surface area (Å²) in [6.07, 6.45) is 3.39. The van der Waals surface area contributed by atoms with Gasteiger partial charge in [-0.15, -0.1) is 0 Å². The number of nitrogens with one attached hydrogen (secondary N) is 1. The van der Waals surface area contributed by atoms with Gasteiger partial charge in [0.1, 0.15) is 5.82 Å². The van der Waals surface area contributed by atoms with Gasteiger partial charge < -0.3 is 5.32 Å². The lowest BCUT2D eigenvalue weighted by atomic mass is 10.1. The molecule has 2 rings (SSSR count). The van der Waals surface area contributed by atoms with Crippen molar-refractivity contribution >= 4 is 5.91 Å². The normalized spacial score (nSPS) is 11.9. The van der Waals surface area contributed by atoms with Crippen LogP contribution in [0.25, 0.3) is 0 Å². The molecule has 4 heteroatoms. The summed E-state index contributed by atoms with van der Waals surface area (Å²) in [5, 5.41) is 2.84. The molecule has 1 N–H and O–H groups in total. The van der Waals surface area contributed by atoms with Crippen LogP contribution < -0.4 is 5.32 Å². The van der Waals surface area contributed by atoms with Crippen LogP contribution >= 0.6 is 0 Å². The molecule has 2 aromatic rings. The molecule has 19 heavy (non-hydrogen) atoms. The molecule has 1 atom stereocenters. The van der Waals surface area contributed by atoms with Gasteiger partial charge in [-0.1, -0.05) is 18.2 Å². The number of hydrogen-bond acceptors (Lipinski definition) is 2. The first-order chi connectivity index (χ1) is 9.16. The fraction of sp³-hybridized carbons (Fsp3) is 0.200. The molecular weight excluding hydrogens is 243 g/mol. The number of rotatable bonds is 4. The Balaban J connectivity index is 1.97. The first kappa shape index (κ1) is 13.2. The van der Waals surface area contributed by atoms with E-state index < -0.39 is 0 Å². The highest BCUT2D eigenvalue weighted by Crippen LogP contribution is 2.12. The Labute approximate surface area is 111 Å². The van der Waals surface area contributed by atoms with Crippen LogP contribution in [0.4, 0.5) is 4.39 Å². The summed E-state index contributed by atoms with van der Waals surface area (Å²) in [7, 11) is 0. The van der Waals surface area contributed by atoms with Crippen molar-refractivity contribution in [3.05, 3.63) is 65.7 Å². The average molecular weight is 258 g/mol. The standard InChI is InChI=1S/C15H15FN2O/c1-11(12-6-8-17-9-7-12)18-15(19)10-13-4-2-3-5-14(13)16/h2-9,11H,10H2,1H3,(H,18,19)/t11-/m0/s1. The molecule has 1 aromatic heterocycles. The molecule has 0 saturated carbocycles. The van der Waals surface area contributed by atoms with E-state index in [2.05, 4.69) is 10.3 Å². The monoisotopic (exact) mass is 258 g/mol. The van der Waals surface area contributed by atoms with Crippen LogP contribution in [-0.2, 0) is 11.2 Å². The van der Waals surface area contributed by atoms with Gasteiger partial charge in [-0.25, -0.2) is 4.39 Å². The minimum atomic E-state index is -0.353. The molecule has 0 saturated heterocycles. The molecular formula is C15H15FN2O. The number of amides is 1. The lowest BCUT2D eigenvalue weighted by Crippen LogP contribution is -2.28. The quantitative estimate of drug-likeness (QED) is 0.916. The van der Waals surface area contributed by atoms with Crippen LogP contribution in [0.15, 0.2) is 48.8 Å². The Morgan fingerprint density at radius 3 is 2.63 bits per heavy atom. The van der Waals surface area contributed by atoms with Crippen molar-refractivity contribution in [2.75, 3.05) is 0 Å². The van der Waals surface area contributed by atoms with E-state index in [1.54, 1.807) is 30.6 Å². The van der Waals surface area contributed by atoms with Gasteiger partial charge in [0.25, 0.3) is 0 Å². The van der Waals surface area contributed by atoms with Crippen LogP contribution in [0.5, 0.6) is 0 Å². The van der Waals surface area contributed by atoms with Gasteiger partial charge in [-0.2, -0.15) is 0 Å². The summed E-state index contributed by atoms with van der Waals surface area (Å²) in [5.41, 5.74) is 1.37. The predicted octanol–water partition coefficient (Wildman–Crippen LogP) is 2.64. The maximum absolute atomic E-state index is 13.4. The summed E-state index contributed by atoms with van der Waals surface area (Å²) in [6, 6.07) is 9.86. The van der Waals surface area contributed by atoms with Gasteiger partial charge in [-0.3, -0.25) is 9.78 Å². The van der Waals surface area contributed by atoms with Gasteiger partial charge >= 0.3 is 0 Å². The van der Waals surface area contributed by atoms with E-state index in [4.69, 9.17) is 0 Å². The van der Waals surface area contributed by atoms with Crippen LogP contribution in [-0.4, -0.2) is 10.9 Å². The van der Waals surface area contributed by atoms with E-state index in [0.717, 1.165) is 5.56 Å². The van der Waals surface area contributed by atoms with Crippen LogP contribution in [0, 0.1) is 5.82 Å². The highest BCUT2D eigenvalue weighted by Gasteiger charge is 2.11. The molecule has 98 valence electrons. The predicted molar refractivity (Wildman–Crippen MR) is 70.9 cm³/mol. The van der Waals surface area contributed by atoms with Crippen LogP contribution in [0.1, 0.15) is 24.1 Å². The third kappa shape index (κ3) is 3.61. The third-order valence-corrected chi connectivity index (χ3v) is 2.89. The van der Waals surface area contributed by atoms with Gasteiger partial charge in [0.15, 0.2) is 0 Å². The van der Waals surface area contributed by atoms with Gasteiger partial charge in [0.05, 0.1) is 12.5 Å². The summed E-state index contributed by atoms with van der Waals surface area (Å²) in [4.78, 5) is 15.8. The average Bonchev–Trinajstić information content (AvgIpc) is 2.42. The second kappa shape index (κ2) is 6.09. The van der Waals surface area contributed by atoms with E-state index >= 15 is 0 Å². The molecule has 0 fully saturated rings. The zero-order chi connectivity index (χ0) is 13.7. The summed E-state index contributed by atoms with van der Waals surface area (Å²) in [5.74, 6) is -0.552. The van der Waals surface area contributed by atoms with Gasteiger partial charge in [0, 0.05) is 12.4 Å². The van der Waals surface area contributed by atoms with E-state index in [0.29, 0.717) is 5.56 Å². The number of halogens is 1. The van der Waals surface area contributed by atoms with Crippen molar-refractivity contribution in [3.8, 4) is 0 Å². The molecule has 0 bridgehead atoms. The highest BCUT2D eigenvalue weighted by molar-refractivity contribution is 5.79. The summed E-state index contributed by atoms with van der Waals surface area (Å²) < 4.78 is 13.4. The Morgan fingerprint density at radius 2 is 1.95 bits per heavy atom. The van der Waals surface area contributed by atoms with Gasteiger partial charge in [0.2, 0.25) is 5.91 Å². The lowest BCUT2D eigenvalue weighted by molar-refractivity contribution is -0.121. The Kier molecular flexibility index (Phi) is 4.23. The second-order valence-electron chi connectivity index (χ2n) is 4.34. The Morgan fingerprint density at radius 1 is 1.26 bits per heavy atom. The minimum Gasteiger partial charge on any atom is -0.349 e. The maximum atomic E-state index is 13.4. The van der Waals surface area contributed by atoms with Crippen molar-refractivity contribution in [1.29, 1.82) is 0 Å². The topological polar surface area (TPSA) is 42.0 Å². The summed E-state index contributed by atoms with van der Waals surface area (Å²) in [6.45, 7) is 1.88. The second-order valence-corrected chi connectivity index (χ2v) is 4.34. The summed E-state index contributed by atoms with van der Waals surface area (Å²) >= 11 is 0. The van der Waals surface area contributed by atoms with Crippen molar-refractivity contribution in [3.63, 3.8) is 0 Å². The smallest absolute Gasteiger partial charge is 0.225 e. The number of nitrogens with zero attached hydrogens (tertiary/aromatic N) is 1. The van der Waals surface area contributed by atoms with E-state index in [1.807, 2.05) is 19.1 Å². The third-order valence-electron chi connectivity index (χ3n) is 2.89. The first-order valence-electron chi connectivity index (χ1n) is 6.09. The molecule has 0 aliphatic carbocycles. The van der Waals surface area contributed by atoms with E-state index in [-0.39, 0.29) is 24.2 Å². The number of hydrogen-bond donors (Lipinski definition) is 1. The number of pyridine rings is 1. The number of benzene rings is 1. The molecule has 0 aliphatic heterocycles. The fourth-order valence-corrected chi connectivity index (χ4v) is 1.84. The first-order valence-corrected chi connectivity index (χ1v) is 6.09. The molecule has 0 spiro atoms. The minimum absolute atomic E-state index is 0.0437. The van der Waals surface area contributed by atoms with Crippen molar-refractivity contribution in [1.82, 2.24) is 10.3 Å². The maximum Gasteiger partial charge on any atom is 0.225 e.